The van der Waals surface area contributed by atoms with Gasteiger partial charge in [0.15, 0.2) is 15.6 Å². The molecule has 154 valence electrons. The fourth-order valence-corrected chi connectivity index (χ4v) is 4.68. The smallest absolute Gasteiger partial charge is 0.320 e. The van der Waals surface area contributed by atoms with E-state index < -0.39 is 9.84 Å². The second-order valence-electron chi connectivity index (χ2n) is 8.04. The number of fused-ring (bicyclic) bond motifs is 1. The lowest BCUT2D eigenvalue weighted by Crippen LogP contribution is -2.58. The number of carbonyl (C=O) groups is 2. The van der Waals surface area contributed by atoms with Crippen molar-refractivity contribution < 1.29 is 22.7 Å². The van der Waals surface area contributed by atoms with Gasteiger partial charge in [-0.15, -0.1) is 0 Å². The number of benzene rings is 1. The minimum absolute atomic E-state index is 0.0111. The van der Waals surface area contributed by atoms with E-state index in [2.05, 4.69) is 11.8 Å². The fourth-order valence-electron chi connectivity index (χ4n) is 4.05. The van der Waals surface area contributed by atoms with Crippen molar-refractivity contribution in [2.24, 2.45) is 11.8 Å². The van der Waals surface area contributed by atoms with Gasteiger partial charge in [0.2, 0.25) is 0 Å². The molecular weight excluding hydrogens is 392 g/mol. The summed E-state index contributed by atoms with van der Waals surface area (Å²) in [6.45, 7) is 2.63. The van der Waals surface area contributed by atoms with E-state index in [9.17, 15) is 18.0 Å². The van der Waals surface area contributed by atoms with Gasteiger partial charge in [0.1, 0.15) is 6.61 Å². The number of piperidine rings is 1. The number of urea groups is 1. The zero-order valence-electron chi connectivity index (χ0n) is 16.3. The lowest BCUT2D eigenvalue weighted by molar-refractivity contribution is -0.140. The summed E-state index contributed by atoms with van der Waals surface area (Å²) in [6.07, 6.45) is 2.56. The molecule has 0 radical (unpaired) electrons. The molecule has 7 nitrogen and oxygen atoms in total. The van der Waals surface area contributed by atoms with Gasteiger partial charge in [-0.1, -0.05) is 11.8 Å². The zero-order valence-corrected chi connectivity index (χ0v) is 17.2. The number of sulfone groups is 1. The van der Waals surface area contributed by atoms with E-state index in [1.54, 1.807) is 29.2 Å². The van der Waals surface area contributed by atoms with Crippen molar-refractivity contribution in [1.82, 2.24) is 9.80 Å². The van der Waals surface area contributed by atoms with Gasteiger partial charge >= 0.3 is 6.03 Å². The SMILES string of the molecule is CS(=O)(=O)c1ccc(C#CC2CN(C(=O)N3CC[C@@H]4OCC(=O)C[C@@H]4C3)C2)cc1. The summed E-state index contributed by atoms with van der Waals surface area (Å²) < 4.78 is 28.6. The summed E-state index contributed by atoms with van der Waals surface area (Å²) in [4.78, 5) is 28.2. The standard InChI is InChI=1S/C21H24N2O5S/c1-29(26,27)19-6-4-15(5-7-19)2-3-16-11-23(12-16)21(25)22-9-8-20-17(13-22)10-18(24)14-28-20/h4-7,16-17,20H,8-14H2,1H3/t17-,20+/m1/s1. The number of rotatable bonds is 1. The summed E-state index contributed by atoms with van der Waals surface area (Å²) in [7, 11) is -3.21. The monoisotopic (exact) mass is 416 g/mol. The van der Waals surface area contributed by atoms with Gasteiger partial charge in [0.25, 0.3) is 0 Å². The summed E-state index contributed by atoms with van der Waals surface area (Å²) >= 11 is 0. The Morgan fingerprint density at radius 1 is 1.14 bits per heavy atom. The average Bonchev–Trinajstić information content (AvgIpc) is 2.65. The molecule has 2 atom stereocenters. The third-order valence-corrected chi connectivity index (χ3v) is 6.87. The number of likely N-dealkylation sites (tertiary alicyclic amines) is 2. The number of hydrogen-bond acceptors (Lipinski definition) is 5. The van der Waals surface area contributed by atoms with E-state index in [1.165, 1.54) is 6.26 Å². The number of Topliss-reactive ketones (excluding diaryl/α,β-unsaturated/α-hetero) is 1. The molecule has 4 rings (SSSR count). The Labute approximate surface area is 170 Å². The second-order valence-corrected chi connectivity index (χ2v) is 10.1. The van der Waals surface area contributed by atoms with Gasteiger partial charge < -0.3 is 14.5 Å². The van der Waals surface area contributed by atoms with Crippen molar-refractivity contribution in [3.05, 3.63) is 29.8 Å². The van der Waals surface area contributed by atoms with Gasteiger partial charge in [0.05, 0.1) is 16.9 Å². The van der Waals surface area contributed by atoms with Crippen molar-refractivity contribution in [2.45, 2.75) is 23.8 Å². The normalized spacial score (nSPS) is 24.9. The molecule has 1 aromatic rings. The van der Waals surface area contributed by atoms with Crippen LogP contribution in [0.2, 0.25) is 0 Å². The Kier molecular flexibility index (Phi) is 5.36. The number of ketones is 1. The van der Waals surface area contributed by atoms with Crippen LogP contribution in [-0.2, 0) is 19.4 Å². The van der Waals surface area contributed by atoms with Crippen molar-refractivity contribution in [2.75, 3.05) is 39.0 Å². The maximum atomic E-state index is 12.7. The Morgan fingerprint density at radius 2 is 1.86 bits per heavy atom. The first-order valence-electron chi connectivity index (χ1n) is 9.78. The van der Waals surface area contributed by atoms with Crippen molar-refractivity contribution in [3.8, 4) is 11.8 Å². The molecular formula is C21H24N2O5S. The summed E-state index contributed by atoms with van der Waals surface area (Å²) in [5.74, 6) is 6.56. The van der Waals surface area contributed by atoms with Crippen LogP contribution in [-0.4, -0.2) is 75.2 Å². The molecule has 3 heterocycles. The molecule has 3 aliphatic rings. The average molecular weight is 416 g/mol. The third kappa shape index (κ3) is 4.46. The van der Waals surface area contributed by atoms with Gasteiger partial charge in [-0.25, -0.2) is 13.2 Å². The highest BCUT2D eigenvalue weighted by molar-refractivity contribution is 7.90. The van der Waals surface area contributed by atoms with Crippen LogP contribution in [0.5, 0.6) is 0 Å². The van der Waals surface area contributed by atoms with E-state index in [0.29, 0.717) is 32.6 Å². The Balaban J connectivity index is 1.28. The molecule has 8 heteroatoms. The molecule has 3 saturated heterocycles. The first-order chi connectivity index (χ1) is 13.8. The van der Waals surface area contributed by atoms with Crippen LogP contribution in [0.25, 0.3) is 0 Å². The Morgan fingerprint density at radius 3 is 2.55 bits per heavy atom. The number of ether oxygens (including phenoxy) is 1. The van der Waals surface area contributed by atoms with Crippen molar-refractivity contribution >= 4 is 21.7 Å². The molecule has 0 aromatic heterocycles. The fraction of sp³-hybridized carbons (Fsp3) is 0.524. The summed E-state index contributed by atoms with van der Waals surface area (Å²) in [5.41, 5.74) is 0.756. The lowest BCUT2D eigenvalue weighted by atomic mass is 9.88. The number of carbonyl (C=O) groups excluding carboxylic acids is 2. The highest BCUT2D eigenvalue weighted by Gasteiger charge is 2.39. The Bertz CT molecular complexity index is 971. The Hall–Kier alpha value is -2.37. The van der Waals surface area contributed by atoms with Gasteiger partial charge in [-0.05, 0) is 30.7 Å². The minimum atomic E-state index is -3.21. The molecule has 0 spiro atoms. The highest BCUT2D eigenvalue weighted by atomic mass is 32.2. The van der Waals surface area contributed by atoms with Crippen molar-refractivity contribution in [1.29, 1.82) is 0 Å². The molecule has 29 heavy (non-hydrogen) atoms. The van der Waals surface area contributed by atoms with E-state index >= 15 is 0 Å². The zero-order chi connectivity index (χ0) is 20.6. The quantitative estimate of drug-likeness (QED) is 0.642. The molecule has 3 fully saturated rings. The van der Waals surface area contributed by atoms with Crippen LogP contribution in [0.3, 0.4) is 0 Å². The first-order valence-corrected chi connectivity index (χ1v) is 11.7. The van der Waals surface area contributed by atoms with Gasteiger partial charge in [0, 0.05) is 50.3 Å². The van der Waals surface area contributed by atoms with E-state index in [0.717, 1.165) is 12.0 Å². The van der Waals surface area contributed by atoms with Crippen LogP contribution in [0.1, 0.15) is 18.4 Å². The maximum Gasteiger partial charge on any atom is 0.320 e. The number of hydrogen-bond donors (Lipinski definition) is 0. The van der Waals surface area contributed by atoms with Crippen LogP contribution < -0.4 is 0 Å². The van der Waals surface area contributed by atoms with Crippen LogP contribution in [0.15, 0.2) is 29.2 Å². The summed E-state index contributed by atoms with van der Waals surface area (Å²) in [6, 6.07) is 6.51. The largest absolute Gasteiger partial charge is 0.370 e. The molecule has 0 unspecified atom stereocenters. The highest BCUT2D eigenvalue weighted by Crippen LogP contribution is 2.28. The van der Waals surface area contributed by atoms with Crippen LogP contribution >= 0.6 is 0 Å². The number of nitrogens with zero attached hydrogens (tertiary/aromatic N) is 2. The van der Waals surface area contributed by atoms with Gasteiger partial charge in [-0.3, -0.25) is 4.79 Å². The molecule has 3 aliphatic heterocycles. The summed E-state index contributed by atoms with van der Waals surface area (Å²) in [5, 5.41) is 0. The molecule has 0 bridgehead atoms. The van der Waals surface area contributed by atoms with E-state index in [4.69, 9.17) is 4.74 Å². The van der Waals surface area contributed by atoms with E-state index in [-0.39, 0.29) is 41.3 Å². The topological polar surface area (TPSA) is 84.0 Å². The minimum Gasteiger partial charge on any atom is -0.370 e. The predicted molar refractivity (Wildman–Crippen MR) is 106 cm³/mol. The predicted octanol–water partition coefficient (Wildman–Crippen LogP) is 1.17. The maximum absolute atomic E-state index is 12.7. The van der Waals surface area contributed by atoms with Crippen LogP contribution in [0.4, 0.5) is 4.79 Å². The number of amides is 2. The second kappa shape index (κ2) is 7.81. The van der Waals surface area contributed by atoms with Gasteiger partial charge in [-0.2, -0.15) is 0 Å². The lowest BCUT2D eigenvalue weighted by Gasteiger charge is -2.45. The molecule has 1 aromatic carbocycles. The molecule has 2 amide bonds. The third-order valence-electron chi connectivity index (χ3n) is 5.74. The molecule has 0 aliphatic carbocycles. The molecule has 0 N–H and O–H groups in total. The van der Waals surface area contributed by atoms with Crippen LogP contribution in [0, 0.1) is 23.7 Å². The molecule has 0 saturated carbocycles. The first kappa shape index (κ1) is 19.9. The van der Waals surface area contributed by atoms with E-state index in [1.807, 2.05) is 4.90 Å². The van der Waals surface area contributed by atoms with Crippen molar-refractivity contribution in [3.63, 3.8) is 0 Å².